The molecule has 160 valence electrons. The molecule has 0 atom stereocenters. The van der Waals surface area contributed by atoms with Crippen LogP contribution in [0.4, 0.5) is 11.4 Å². The number of thiophene rings is 1. The van der Waals surface area contributed by atoms with Crippen LogP contribution < -0.4 is 14.9 Å². The molecule has 2 amide bonds. The summed E-state index contributed by atoms with van der Waals surface area (Å²) in [5.74, 6) is -0.601. The minimum atomic E-state index is -0.425. The van der Waals surface area contributed by atoms with Gasteiger partial charge in [-0.25, -0.2) is 9.89 Å². The standard InChI is InChI=1S/C21H13Cl2N5O2S2/c1-11-8-13(26-21(25-10-24)27-32-18-7-6-17(23)31-18)3-5-16(11)28-19(29)14-4-2-12(22)9-15(14)20(28)30/h2-9H,1H3,(H2,25,26,27). The van der Waals surface area contributed by atoms with Crippen LogP contribution in [-0.2, 0) is 0 Å². The van der Waals surface area contributed by atoms with Crippen molar-refractivity contribution in [1.82, 2.24) is 10.0 Å². The van der Waals surface area contributed by atoms with E-state index in [2.05, 4.69) is 15.0 Å². The van der Waals surface area contributed by atoms with E-state index in [-0.39, 0.29) is 11.5 Å². The Morgan fingerprint density at radius 1 is 1.09 bits per heavy atom. The second-order valence-electron chi connectivity index (χ2n) is 6.57. The third kappa shape index (κ3) is 4.45. The minimum Gasteiger partial charge on any atom is -0.294 e. The predicted molar refractivity (Wildman–Crippen MR) is 128 cm³/mol. The number of nitriles is 1. The van der Waals surface area contributed by atoms with E-state index in [9.17, 15) is 9.59 Å². The van der Waals surface area contributed by atoms with E-state index in [1.165, 1.54) is 29.4 Å². The molecular formula is C21H13Cl2N5O2S2. The second kappa shape index (κ2) is 9.22. The zero-order chi connectivity index (χ0) is 22.8. The molecule has 3 aromatic rings. The fraction of sp³-hybridized carbons (Fsp3) is 0.0476. The minimum absolute atomic E-state index is 0.226. The lowest BCUT2D eigenvalue weighted by molar-refractivity contribution is 0.0926. The summed E-state index contributed by atoms with van der Waals surface area (Å²) >= 11 is 14.6. The summed E-state index contributed by atoms with van der Waals surface area (Å²) in [6, 6.07) is 13.3. The van der Waals surface area contributed by atoms with Crippen LogP contribution in [0.3, 0.4) is 0 Å². The lowest BCUT2D eigenvalue weighted by atomic mass is 10.1. The van der Waals surface area contributed by atoms with Gasteiger partial charge in [0.2, 0.25) is 5.96 Å². The van der Waals surface area contributed by atoms with E-state index in [1.54, 1.807) is 43.3 Å². The molecule has 0 radical (unpaired) electrons. The van der Waals surface area contributed by atoms with E-state index in [0.717, 1.165) is 9.11 Å². The molecule has 1 aliphatic heterocycles. The topological polar surface area (TPSA) is 97.6 Å². The Hall–Kier alpha value is -3.03. The number of carbonyl (C=O) groups is 2. The number of aliphatic imine (C=N–C) groups is 1. The van der Waals surface area contributed by atoms with Crippen LogP contribution in [0.15, 0.2) is 57.7 Å². The quantitative estimate of drug-likeness (QED) is 0.122. The fourth-order valence-electron chi connectivity index (χ4n) is 3.10. The molecule has 1 aliphatic rings. The van der Waals surface area contributed by atoms with Crippen molar-refractivity contribution in [3.8, 4) is 6.19 Å². The number of nitrogens with zero attached hydrogens (tertiary/aromatic N) is 3. The highest BCUT2D eigenvalue weighted by atomic mass is 35.5. The third-order valence-electron chi connectivity index (χ3n) is 4.48. The van der Waals surface area contributed by atoms with Gasteiger partial charge in [0.15, 0.2) is 6.19 Å². The molecule has 1 aromatic heterocycles. The first kappa shape index (κ1) is 22.2. The molecule has 11 heteroatoms. The number of anilines is 1. The molecule has 0 saturated heterocycles. The van der Waals surface area contributed by atoms with Gasteiger partial charge in [0.1, 0.15) is 0 Å². The number of benzene rings is 2. The van der Waals surface area contributed by atoms with Crippen molar-refractivity contribution >= 4 is 75.6 Å². The molecule has 2 N–H and O–H groups in total. The largest absolute Gasteiger partial charge is 0.294 e. The van der Waals surface area contributed by atoms with Crippen LogP contribution in [0.25, 0.3) is 0 Å². The molecule has 32 heavy (non-hydrogen) atoms. The molecule has 0 aliphatic carbocycles. The SMILES string of the molecule is Cc1cc(N=C(NC#N)NSc2ccc(Cl)s2)ccc1N1C(=O)c2ccc(Cl)cc2C1=O. The van der Waals surface area contributed by atoms with Crippen molar-refractivity contribution in [2.45, 2.75) is 11.1 Å². The normalized spacial score (nSPS) is 13.2. The number of imide groups is 1. The first-order valence-electron chi connectivity index (χ1n) is 9.08. The molecular weight excluding hydrogens is 489 g/mol. The monoisotopic (exact) mass is 501 g/mol. The number of hydrogen-bond donors (Lipinski definition) is 2. The van der Waals surface area contributed by atoms with E-state index in [1.807, 2.05) is 12.3 Å². The van der Waals surface area contributed by atoms with Crippen LogP contribution in [0, 0.1) is 18.4 Å². The van der Waals surface area contributed by atoms with Gasteiger partial charge in [0, 0.05) is 5.02 Å². The summed E-state index contributed by atoms with van der Waals surface area (Å²) in [6.45, 7) is 1.78. The average molecular weight is 502 g/mol. The van der Waals surface area contributed by atoms with Crippen molar-refractivity contribution in [2.75, 3.05) is 4.90 Å². The van der Waals surface area contributed by atoms with Crippen molar-refractivity contribution < 1.29 is 9.59 Å². The first-order valence-corrected chi connectivity index (χ1v) is 11.5. The van der Waals surface area contributed by atoms with E-state index in [0.29, 0.717) is 31.9 Å². The zero-order valence-electron chi connectivity index (χ0n) is 16.3. The molecule has 0 bridgehead atoms. The van der Waals surface area contributed by atoms with Crippen LogP contribution in [0.5, 0.6) is 0 Å². The Morgan fingerprint density at radius 3 is 2.56 bits per heavy atom. The molecule has 0 spiro atoms. The summed E-state index contributed by atoms with van der Waals surface area (Å²) < 4.78 is 4.53. The van der Waals surface area contributed by atoms with Crippen LogP contribution in [-0.4, -0.2) is 17.8 Å². The van der Waals surface area contributed by atoms with Gasteiger partial charge in [0.25, 0.3) is 11.8 Å². The maximum absolute atomic E-state index is 12.8. The first-order chi connectivity index (χ1) is 15.4. The number of carbonyl (C=O) groups excluding carboxylic acids is 2. The summed E-state index contributed by atoms with van der Waals surface area (Å²) in [5.41, 5.74) is 2.24. The lowest BCUT2D eigenvalue weighted by Gasteiger charge is -2.17. The highest BCUT2D eigenvalue weighted by Crippen LogP contribution is 2.34. The third-order valence-corrected chi connectivity index (χ3v) is 6.88. The molecule has 0 saturated carbocycles. The molecule has 0 unspecified atom stereocenters. The van der Waals surface area contributed by atoms with Crippen LogP contribution in [0.2, 0.25) is 9.36 Å². The van der Waals surface area contributed by atoms with Gasteiger partial charge in [-0.3, -0.25) is 19.6 Å². The number of amides is 2. The number of fused-ring (bicyclic) bond motifs is 1. The van der Waals surface area contributed by atoms with Crippen LogP contribution in [0.1, 0.15) is 26.3 Å². The van der Waals surface area contributed by atoms with E-state index < -0.39 is 11.8 Å². The predicted octanol–water partition coefficient (Wildman–Crippen LogP) is 5.52. The number of aryl methyl sites for hydroxylation is 1. The molecule has 7 nitrogen and oxygen atoms in total. The van der Waals surface area contributed by atoms with Gasteiger partial charge < -0.3 is 0 Å². The maximum atomic E-state index is 12.8. The number of guanidine groups is 1. The van der Waals surface area contributed by atoms with Crippen molar-refractivity contribution in [3.63, 3.8) is 0 Å². The Bertz CT molecular complexity index is 1320. The van der Waals surface area contributed by atoms with Gasteiger partial charge in [-0.05, 0) is 73.0 Å². The average Bonchev–Trinajstić information content (AvgIpc) is 3.28. The molecule has 0 fully saturated rings. The Balaban J connectivity index is 1.58. The highest BCUT2D eigenvalue weighted by molar-refractivity contribution is 7.99. The van der Waals surface area contributed by atoms with Gasteiger partial charge >= 0.3 is 0 Å². The zero-order valence-corrected chi connectivity index (χ0v) is 19.5. The Kier molecular flexibility index (Phi) is 6.39. The van der Waals surface area contributed by atoms with E-state index in [4.69, 9.17) is 28.5 Å². The number of nitrogens with one attached hydrogen (secondary N) is 2. The number of halogens is 2. The summed E-state index contributed by atoms with van der Waals surface area (Å²) in [4.78, 5) is 31.2. The Morgan fingerprint density at radius 2 is 1.88 bits per heavy atom. The van der Waals surface area contributed by atoms with Crippen molar-refractivity contribution in [1.29, 1.82) is 5.26 Å². The summed E-state index contributed by atoms with van der Waals surface area (Å²) in [6.07, 6.45) is 1.84. The lowest BCUT2D eigenvalue weighted by Crippen LogP contribution is -2.30. The molecule has 2 heterocycles. The van der Waals surface area contributed by atoms with E-state index >= 15 is 0 Å². The van der Waals surface area contributed by atoms with Gasteiger partial charge in [-0.1, -0.05) is 23.2 Å². The molecule has 4 rings (SSSR count). The van der Waals surface area contributed by atoms with Crippen molar-refractivity contribution in [2.24, 2.45) is 4.99 Å². The number of hydrogen-bond acceptors (Lipinski definition) is 6. The summed E-state index contributed by atoms with van der Waals surface area (Å²) in [7, 11) is 0. The maximum Gasteiger partial charge on any atom is 0.266 e. The fourth-order valence-corrected chi connectivity index (χ4v) is 5.18. The summed E-state index contributed by atoms with van der Waals surface area (Å²) in [5, 5.41) is 11.9. The second-order valence-corrected chi connectivity index (χ2v) is 9.82. The molecule has 2 aromatic carbocycles. The van der Waals surface area contributed by atoms with Gasteiger partial charge in [-0.15, -0.1) is 11.3 Å². The van der Waals surface area contributed by atoms with Gasteiger partial charge in [-0.2, -0.15) is 5.26 Å². The number of rotatable bonds is 4. The Labute approximate surface area is 201 Å². The highest BCUT2D eigenvalue weighted by Gasteiger charge is 2.37. The smallest absolute Gasteiger partial charge is 0.266 e. The van der Waals surface area contributed by atoms with Crippen LogP contribution >= 0.6 is 46.5 Å². The van der Waals surface area contributed by atoms with Crippen molar-refractivity contribution in [3.05, 3.63) is 74.6 Å². The van der Waals surface area contributed by atoms with Gasteiger partial charge in [0.05, 0.1) is 31.0 Å².